The molecule has 1 aliphatic rings. The summed E-state index contributed by atoms with van der Waals surface area (Å²) in [5.41, 5.74) is 1.62. The molecule has 1 aromatic heterocycles. The minimum Gasteiger partial charge on any atom is -0.511 e. The van der Waals surface area contributed by atoms with E-state index in [1.165, 1.54) is 7.11 Å². The molecule has 130 valence electrons. The average Bonchev–Trinajstić information content (AvgIpc) is 2.59. The van der Waals surface area contributed by atoms with Gasteiger partial charge in [-0.05, 0) is 18.9 Å². The number of aliphatic hydroxyl groups is 1. The molecule has 7 nitrogen and oxygen atoms in total. The summed E-state index contributed by atoms with van der Waals surface area (Å²) in [4.78, 5) is 25.8. The van der Waals surface area contributed by atoms with Gasteiger partial charge in [-0.2, -0.15) is 0 Å². The van der Waals surface area contributed by atoms with E-state index in [1.54, 1.807) is 12.4 Å². The number of rotatable bonds is 7. The maximum Gasteiger partial charge on any atom is 0.316 e. The lowest BCUT2D eigenvalue weighted by Gasteiger charge is -2.23. The Morgan fingerprint density at radius 3 is 2.58 bits per heavy atom. The molecule has 0 saturated heterocycles. The summed E-state index contributed by atoms with van der Waals surface area (Å²) in [6.07, 6.45) is 5.29. The first kappa shape index (κ1) is 17.9. The van der Waals surface area contributed by atoms with Crippen LogP contribution in [0.25, 0.3) is 0 Å². The molecule has 1 heterocycles. The number of aliphatic hydroxyl groups excluding tert-OH is 1. The molecule has 24 heavy (non-hydrogen) atoms. The van der Waals surface area contributed by atoms with Crippen molar-refractivity contribution in [2.75, 3.05) is 13.7 Å². The summed E-state index contributed by atoms with van der Waals surface area (Å²) in [5, 5.41) is 14.4. The Labute approximate surface area is 141 Å². The number of hydrogen-bond donors (Lipinski definition) is 1. The molecular formula is C17H23N3O4. The number of Topliss-reactive ketones (excluding diaryl/α,β-unsaturated/α-hetero) is 1. The Morgan fingerprint density at radius 1 is 1.33 bits per heavy atom. The second-order valence-electron chi connectivity index (χ2n) is 5.56. The van der Waals surface area contributed by atoms with E-state index in [-0.39, 0.29) is 29.9 Å². The first-order chi connectivity index (χ1) is 11.6. The number of aromatic nitrogens is 2. The number of methoxy groups -OCH3 is 1. The van der Waals surface area contributed by atoms with Crippen molar-refractivity contribution in [2.45, 2.75) is 45.4 Å². The number of hydrogen-bond acceptors (Lipinski definition) is 7. The van der Waals surface area contributed by atoms with Crippen LogP contribution in [0.3, 0.4) is 0 Å². The van der Waals surface area contributed by atoms with Crippen LogP contribution >= 0.6 is 0 Å². The number of ether oxygens (including phenoxy) is 1. The van der Waals surface area contributed by atoms with Crippen LogP contribution < -0.4 is 4.74 Å². The minimum absolute atomic E-state index is 0.0546. The van der Waals surface area contributed by atoms with Crippen molar-refractivity contribution < 1.29 is 19.5 Å². The highest BCUT2D eigenvalue weighted by Crippen LogP contribution is 2.34. The second kappa shape index (κ2) is 8.42. The molecule has 7 heteroatoms. The van der Waals surface area contributed by atoms with Gasteiger partial charge in [0.1, 0.15) is 12.4 Å². The van der Waals surface area contributed by atoms with Gasteiger partial charge in [0.2, 0.25) is 0 Å². The summed E-state index contributed by atoms with van der Waals surface area (Å²) < 4.78 is 4.93. The summed E-state index contributed by atoms with van der Waals surface area (Å²) >= 11 is 0. The van der Waals surface area contributed by atoms with Crippen LogP contribution in [0, 0.1) is 0 Å². The molecule has 0 saturated carbocycles. The SMILES string of the molecule is CCCC(=NOCC)C1=C(O)CC(c2cnc(OC)nc2)CC1=O. The third kappa shape index (κ3) is 4.10. The molecule has 1 unspecified atom stereocenters. The molecule has 1 N–H and O–H groups in total. The Kier molecular flexibility index (Phi) is 6.28. The Bertz CT molecular complexity index is 638. The first-order valence-electron chi connectivity index (χ1n) is 8.11. The molecule has 1 aliphatic carbocycles. The van der Waals surface area contributed by atoms with E-state index in [4.69, 9.17) is 9.57 Å². The highest BCUT2D eigenvalue weighted by Gasteiger charge is 2.31. The van der Waals surface area contributed by atoms with E-state index < -0.39 is 0 Å². The number of nitrogens with zero attached hydrogens (tertiary/aromatic N) is 3. The van der Waals surface area contributed by atoms with Gasteiger partial charge in [0.05, 0.1) is 18.4 Å². The monoisotopic (exact) mass is 333 g/mol. The second-order valence-corrected chi connectivity index (χ2v) is 5.56. The quantitative estimate of drug-likeness (QED) is 0.609. The fourth-order valence-electron chi connectivity index (χ4n) is 2.70. The maximum absolute atomic E-state index is 12.6. The van der Waals surface area contributed by atoms with Crippen molar-refractivity contribution in [3.05, 3.63) is 29.3 Å². The molecule has 0 amide bonds. The van der Waals surface area contributed by atoms with Gasteiger partial charge in [0, 0.05) is 31.2 Å². The third-order valence-corrected chi connectivity index (χ3v) is 3.82. The summed E-state index contributed by atoms with van der Waals surface area (Å²) in [6.45, 7) is 4.23. The topological polar surface area (TPSA) is 93.9 Å². The summed E-state index contributed by atoms with van der Waals surface area (Å²) in [5.74, 6) is -0.229. The van der Waals surface area contributed by atoms with Gasteiger partial charge in [-0.15, -0.1) is 0 Å². The molecule has 0 aliphatic heterocycles. The van der Waals surface area contributed by atoms with Crippen LogP contribution in [-0.4, -0.2) is 40.3 Å². The normalized spacial score (nSPS) is 18.7. The van der Waals surface area contributed by atoms with E-state index in [0.29, 0.717) is 30.7 Å². The van der Waals surface area contributed by atoms with Crippen LogP contribution in [0.1, 0.15) is 51.0 Å². The van der Waals surface area contributed by atoms with E-state index in [0.717, 1.165) is 12.0 Å². The molecule has 0 bridgehead atoms. The molecule has 0 radical (unpaired) electrons. The molecule has 0 fully saturated rings. The van der Waals surface area contributed by atoms with Gasteiger partial charge >= 0.3 is 6.01 Å². The third-order valence-electron chi connectivity index (χ3n) is 3.82. The fourth-order valence-corrected chi connectivity index (χ4v) is 2.70. The van der Waals surface area contributed by atoms with Crippen LogP contribution in [0.15, 0.2) is 28.9 Å². The van der Waals surface area contributed by atoms with E-state index in [1.807, 2.05) is 13.8 Å². The van der Waals surface area contributed by atoms with E-state index in [2.05, 4.69) is 15.1 Å². The van der Waals surface area contributed by atoms with Crippen molar-refractivity contribution in [1.29, 1.82) is 0 Å². The van der Waals surface area contributed by atoms with Gasteiger partial charge in [0.25, 0.3) is 0 Å². The lowest BCUT2D eigenvalue weighted by atomic mass is 9.81. The smallest absolute Gasteiger partial charge is 0.316 e. The summed E-state index contributed by atoms with van der Waals surface area (Å²) in [6, 6.07) is 0.274. The zero-order valence-electron chi connectivity index (χ0n) is 14.3. The zero-order chi connectivity index (χ0) is 17.5. The minimum atomic E-state index is -0.151. The predicted molar refractivity (Wildman–Crippen MR) is 89.2 cm³/mol. The van der Waals surface area contributed by atoms with Gasteiger partial charge in [0.15, 0.2) is 5.78 Å². The Balaban J connectivity index is 2.25. The Hall–Kier alpha value is -2.44. The number of ketones is 1. The number of oxime groups is 1. The number of allylic oxidation sites excluding steroid dienone is 2. The van der Waals surface area contributed by atoms with Gasteiger partial charge < -0.3 is 14.7 Å². The van der Waals surface area contributed by atoms with Gasteiger partial charge in [-0.1, -0.05) is 18.5 Å². The van der Waals surface area contributed by atoms with Gasteiger partial charge in [-0.25, -0.2) is 9.97 Å². The molecule has 0 spiro atoms. The highest BCUT2D eigenvalue weighted by atomic mass is 16.6. The zero-order valence-corrected chi connectivity index (χ0v) is 14.3. The lowest BCUT2D eigenvalue weighted by Crippen LogP contribution is -2.24. The molecule has 1 aromatic rings. The van der Waals surface area contributed by atoms with Crippen LogP contribution in [0.5, 0.6) is 6.01 Å². The Morgan fingerprint density at radius 2 is 2.04 bits per heavy atom. The van der Waals surface area contributed by atoms with Crippen molar-refractivity contribution in [2.24, 2.45) is 5.16 Å². The molecular weight excluding hydrogens is 310 g/mol. The average molecular weight is 333 g/mol. The van der Waals surface area contributed by atoms with Crippen molar-refractivity contribution >= 4 is 11.5 Å². The van der Waals surface area contributed by atoms with Gasteiger partial charge in [-0.3, -0.25) is 4.79 Å². The largest absolute Gasteiger partial charge is 0.511 e. The highest BCUT2D eigenvalue weighted by molar-refractivity contribution is 6.23. The number of carbonyl (C=O) groups excluding carboxylic acids is 1. The van der Waals surface area contributed by atoms with E-state index >= 15 is 0 Å². The fraction of sp³-hybridized carbons (Fsp3) is 0.529. The van der Waals surface area contributed by atoms with Crippen LogP contribution in [0.2, 0.25) is 0 Å². The number of carbonyl (C=O) groups is 1. The maximum atomic E-state index is 12.6. The molecule has 1 atom stereocenters. The van der Waals surface area contributed by atoms with Crippen molar-refractivity contribution in [3.63, 3.8) is 0 Å². The van der Waals surface area contributed by atoms with Crippen LogP contribution in [0.4, 0.5) is 0 Å². The van der Waals surface area contributed by atoms with E-state index in [9.17, 15) is 9.90 Å². The predicted octanol–water partition coefficient (Wildman–Crippen LogP) is 2.94. The summed E-state index contributed by atoms with van der Waals surface area (Å²) in [7, 11) is 1.49. The van der Waals surface area contributed by atoms with Crippen LogP contribution in [-0.2, 0) is 9.63 Å². The lowest BCUT2D eigenvalue weighted by molar-refractivity contribution is -0.116. The standard InChI is InChI=1S/C17H23N3O4/c1-4-6-13(20-24-5-2)16-14(21)7-11(8-15(16)22)12-9-18-17(23-3)19-10-12/h9-11,21H,4-8H2,1-3H3. The molecule has 0 aromatic carbocycles. The van der Waals surface area contributed by atoms with Crippen molar-refractivity contribution in [1.82, 2.24) is 9.97 Å². The van der Waals surface area contributed by atoms with Crippen molar-refractivity contribution in [3.8, 4) is 6.01 Å². The first-order valence-corrected chi connectivity index (χ1v) is 8.11. The molecule has 2 rings (SSSR count).